The number of anilines is 1. The van der Waals surface area contributed by atoms with Crippen molar-refractivity contribution in [1.29, 1.82) is 0 Å². The molecule has 1 unspecified atom stereocenters. The topological polar surface area (TPSA) is 60.6 Å². The van der Waals surface area contributed by atoms with E-state index in [4.69, 9.17) is 9.26 Å². The number of benzene rings is 2. The third-order valence-electron chi connectivity index (χ3n) is 7.87. The van der Waals surface area contributed by atoms with Crippen LogP contribution in [0.5, 0.6) is 5.75 Å². The van der Waals surface area contributed by atoms with Crippen LogP contribution < -0.4 is 9.64 Å². The van der Waals surface area contributed by atoms with E-state index < -0.39 is 6.36 Å². The van der Waals surface area contributed by atoms with Crippen molar-refractivity contribution in [3.8, 4) is 17.0 Å². The zero-order chi connectivity index (χ0) is 26.7. The van der Waals surface area contributed by atoms with Crippen molar-refractivity contribution in [3.63, 3.8) is 0 Å². The molecular weight excluding hydrogens is 534 g/mol. The predicted molar refractivity (Wildman–Crippen MR) is 137 cm³/mol. The van der Waals surface area contributed by atoms with Gasteiger partial charge in [-0.2, -0.15) is 0 Å². The van der Waals surface area contributed by atoms with Crippen LogP contribution in [0.25, 0.3) is 21.5 Å². The summed E-state index contributed by atoms with van der Waals surface area (Å²) in [6.45, 7) is 0.196. The number of rotatable bonds is 7. The fourth-order valence-electron chi connectivity index (χ4n) is 6.01. The third-order valence-corrected chi connectivity index (χ3v) is 8.90. The molecule has 2 aromatic carbocycles. The lowest BCUT2D eigenvalue weighted by Crippen LogP contribution is -2.45. The zero-order valence-electron chi connectivity index (χ0n) is 20.8. The molecule has 11 heteroatoms. The van der Waals surface area contributed by atoms with Crippen LogP contribution in [-0.4, -0.2) is 34.7 Å². The molecule has 2 bridgehead atoms. The first-order valence-corrected chi connectivity index (χ1v) is 13.9. The van der Waals surface area contributed by atoms with E-state index in [1.807, 2.05) is 6.07 Å². The molecule has 4 aromatic rings. The number of hydrogen-bond acceptors (Lipinski definition) is 7. The molecule has 6 nitrogen and oxygen atoms in total. The first-order chi connectivity index (χ1) is 18.8. The van der Waals surface area contributed by atoms with E-state index in [-0.39, 0.29) is 47.8 Å². The monoisotopic (exact) mass is 559 g/mol. The second kappa shape index (κ2) is 9.48. The number of hydrogen-bond donors (Lipinski definition) is 0. The normalized spacial score (nSPS) is 23.1. The standard InChI is InChI=1S/C28H25F4N3O3S/c29-21-5-3-7-23-25(21)33-27(39-23)35-16-10-11-17(35)13-18(12-16)36-14-20-24(34-38-26(20)15-8-9-15)19-4-1-2-6-22(19)37-28(30,31)32/h1-7,15-18H,8-14H2/t16-,17+,18?. The highest BCUT2D eigenvalue weighted by Crippen LogP contribution is 2.47. The lowest BCUT2D eigenvalue weighted by molar-refractivity contribution is -0.274. The van der Waals surface area contributed by atoms with Crippen LogP contribution in [0.15, 0.2) is 47.0 Å². The van der Waals surface area contributed by atoms with Gasteiger partial charge in [-0.3, -0.25) is 0 Å². The Morgan fingerprint density at radius 3 is 2.49 bits per heavy atom. The summed E-state index contributed by atoms with van der Waals surface area (Å²) in [6.07, 6.45) is 0.665. The highest BCUT2D eigenvalue weighted by atomic mass is 32.1. The second-order valence-electron chi connectivity index (χ2n) is 10.5. The molecule has 0 radical (unpaired) electrons. The molecule has 0 N–H and O–H groups in total. The largest absolute Gasteiger partial charge is 0.573 e. The Bertz CT molecular complexity index is 1500. The van der Waals surface area contributed by atoms with Gasteiger partial charge in [-0.15, -0.1) is 13.2 Å². The molecule has 3 fully saturated rings. The van der Waals surface area contributed by atoms with Gasteiger partial charge in [0.05, 0.1) is 17.4 Å². The number of halogens is 4. The van der Waals surface area contributed by atoms with E-state index >= 15 is 0 Å². The van der Waals surface area contributed by atoms with Crippen LogP contribution >= 0.6 is 11.3 Å². The zero-order valence-corrected chi connectivity index (χ0v) is 21.6. The van der Waals surface area contributed by atoms with Crippen LogP contribution in [0.1, 0.15) is 55.8 Å². The van der Waals surface area contributed by atoms with Gasteiger partial charge in [0.2, 0.25) is 0 Å². The van der Waals surface area contributed by atoms with Crippen LogP contribution in [0.2, 0.25) is 0 Å². The number of piperidine rings is 1. The number of aromatic nitrogens is 2. The summed E-state index contributed by atoms with van der Waals surface area (Å²) >= 11 is 1.52. The quantitative estimate of drug-likeness (QED) is 0.218. The summed E-state index contributed by atoms with van der Waals surface area (Å²) in [5.41, 5.74) is 1.65. The summed E-state index contributed by atoms with van der Waals surface area (Å²) in [7, 11) is 0. The molecule has 0 amide bonds. The van der Waals surface area contributed by atoms with Crippen molar-refractivity contribution >= 4 is 26.7 Å². The van der Waals surface area contributed by atoms with Crippen molar-refractivity contribution in [2.45, 2.75) is 75.6 Å². The molecular formula is C28H25F4N3O3S. The summed E-state index contributed by atoms with van der Waals surface area (Å²) in [6, 6.07) is 11.5. The smallest absolute Gasteiger partial charge is 0.405 e. The van der Waals surface area contributed by atoms with Crippen molar-refractivity contribution in [1.82, 2.24) is 10.1 Å². The number of para-hydroxylation sites is 2. The van der Waals surface area contributed by atoms with Gasteiger partial charge in [-0.25, -0.2) is 9.37 Å². The van der Waals surface area contributed by atoms with Gasteiger partial charge < -0.3 is 18.9 Å². The Hall–Kier alpha value is -3.18. The van der Waals surface area contributed by atoms with Gasteiger partial charge in [0.1, 0.15) is 28.5 Å². The van der Waals surface area contributed by atoms with Gasteiger partial charge in [-0.05, 0) is 62.8 Å². The average Bonchev–Trinajstić information content (AvgIpc) is 3.40. The van der Waals surface area contributed by atoms with Crippen LogP contribution in [0.4, 0.5) is 22.7 Å². The molecule has 1 saturated carbocycles. The Morgan fingerprint density at radius 1 is 1.00 bits per heavy atom. The highest BCUT2D eigenvalue weighted by Gasteiger charge is 2.43. The maximum absolute atomic E-state index is 14.3. The van der Waals surface area contributed by atoms with Crippen molar-refractivity contribution < 1.29 is 31.6 Å². The van der Waals surface area contributed by atoms with Crippen LogP contribution in [-0.2, 0) is 11.3 Å². The molecule has 2 aromatic heterocycles. The van der Waals surface area contributed by atoms with E-state index in [1.165, 1.54) is 29.5 Å². The Morgan fingerprint density at radius 2 is 1.77 bits per heavy atom. The minimum absolute atomic E-state index is 0.0265. The minimum Gasteiger partial charge on any atom is -0.405 e. The van der Waals surface area contributed by atoms with Gasteiger partial charge in [-0.1, -0.05) is 34.7 Å². The molecule has 2 saturated heterocycles. The van der Waals surface area contributed by atoms with Crippen LogP contribution in [0, 0.1) is 5.82 Å². The fourth-order valence-corrected chi connectivity index (χ4v) is 7.13. The summed E-state index contributed by atoms with van der Waals surface area (Å²) in [5, 5.41) is 5.02. The second-order valence-corrected chi connectivity index (χ2v) is 11.5. The lowest BCUT2D eigenvalue weighted by atomic mass is 10.00. The lowest BCUT2D eigenvalue weighted by Gasteiger charge is -2.38. The molecule has 2 aliphatic heterocycles. The molecule has 1 aliphatic carbocycles. The number of nitrogens with zero attached hydrogens (tertiary/aromatic N) is 3. The number of fused-ring (bicyclic) bond motifs is 3. The molecule has 204 valence electrons. The van der Waals surface area contributed by atoms with Gasteiger partial charge in [0, 0.05) is 29.1 Å². The predicted octanol–water partition coefficient (Wildman–Crippen LogP) is 7.58. The average molecular weight is 560 g/mol. The van der Waals surface area contributed by atoms with Crippen molar-refractivity contribution in [2.24, 2.45) is 0 Å². The number of ether oxygens (including phenoxy) is 2. The van der Waals surface area contributed by atoms with E-state index in [0.717, 1.165) is 48.4 Å². The minimum atomic E-state index is -4.82. The molecule has 39 heavy (non-hydrogen) atoms. The summed E-state index contributed by atoms with van der Waals surface area (Å²) in [4.78, 5) is 6.95. The molecule has 4 heterocycles. The Labute approximate surface area is 225 Å². The first-order valence-electron chi connectivity index (χ1n) is 13.1. The Kier molecular flexibility index (Phi) is 6.04. The summed E-state index contributed by atoms with van der Waals surface area (Å²) in [5.74, 6) is 0.265. The Balaban J connectivity index is 1.11. The molecule has 3 atom stereocenters. The van der Waals surface area contributed by atoms with Gasteiger partial charge in [0.25, 0.3) is 0 Å². The molecule has 7 rings (SSSR count). The summed E-state index contributed by atoms with van der Waals surface area (Å²) < 4.78 is 70.7. The third kappa shape index (κ3) is 4.75. The van der Waals surface area contributed by atoms with E-state index in [9.17, 15) is 17.6 Å². The maximum atomic E-state index is 14.3. The van der Waals surface area contributed by atoms with E-state index in [1.54, 1.807) is 18.2 Å². The number of thiazole rings is 1. The fraction of sp³-hybridized carbons (Fsp3) is 0.429. The van der Waals surface area contributed by atoms with Gasteiger partial charge >= 0.3 is 6.36 Å². The first kappa shape index (κ1) is 24.8. The van der Waals surface area contributed by atoms with Gasteiger partial charge in [0.15, 0.2) is 5.13 Å². The molecule has 3 aliphatic rings. The van der Waals surface area contributed by atoms with Crippen LogP contribution in [0.3, 0.4) is 0 Å². The van der Waals surface area contributed by atoms with E-state index in [2.05, 4.69) is 19.8 Å². The van der Waals surface area contributed by atoms with Crippen molar-refractivity contribution in [3.05, 3.63) is 59.6 Å². The maximum Gasteiger partial charge on any atom is 0.573 e. The highest BCUT2D eigenvalue weighted by molar-refractivity contribution is 7.22. The van der Waals surface area contributed by atoms with E-state index in [0.29, 0.717) is 22.5 Å². The SMILES string of the molecule is Fc1cccc2sc(N3[C@@H]4CC[C@H]3CC(OCc3c(-c5ccccc5OC(F)(F)F)noc3C3CC3)C4)nc12. The number of alkyl halides is 3. The van der Waals surface area contributed by atoms with Crippen molar-refractivity contribution in [2.75, 3.05) is 4.90 Å². The molecule has 0 spiro atoms.